The highest BCUT2D eigenvalue weighted by Gasteiger charge is 2.23. The van der Waals surface area contributed by atoms with Crippen LogP contribution < -0.4 is 10.5 Å². The summed E-state index contributed by atoms with van der Waals surface area (Å²) in [6.07, 6.45) is -1.09. The molecule has 1 aromatic rings. The van der Waals surface area contributed by atoms with Crippen LogP contribution in [0.4, 0.5) is 13.2 Å². The average molecular weight is 235 g/mol. The molecule has 0 aliphatic carbocycles. The van der Waals surface area contributed by atoms with Crippen LogP contribution in [0.2, 0.25) is 0 Å². The lowest BCUT2D eigenvalue weighted by molar-refractivity contribution is 0.163. The first-order valence-corrected chi connectivity index (χ1v) is 4.62. The van der Waals surface area contributed by atoms with Gasteiger partial charge >= 0.3 is 0 Å². The predicted molar refractivity (Wildman–Crippen MR) is 51.5 cm³/mol. The van der Waals surface area contributed by atoms with Gasteiger partial charge in [-0.15, -0.1) is 0 Å². The van der Waals surface area contributed by atoms with Gasteiger partial charge in [0.2, 0.25) is 5.82 Å². The third-order valence-corrected chi connectivity index (χ3v) is 2.15. The highest BCUT2D eigenvalue weighted by atomic mass is 19.2. The SMILES string of the molecule is COc1c(C(O)CCN)cc(F)c(F)c1F. The lowest BCUT2D eigenvalue weighted by atomic mass is 10.0. The van der Waals surface area contributed by atoms with Gasteiger partial charge in [-0.2, -0.15) is 4.39 Å². The van der Waals surface area contributed by atoms with E-state index in [1.54, 1.807) is 0 Å². The van der Waals surface area contributed by atoms with E-state index in [9.17, 15) is 18.3 Å². The zero-order chi connectivity index (χ0) is 12.3. The summed E-state index contributed by atoms with van der Waals surface area (Å²) in [7, 11) is 1.11. The van der Waals surface area contributed by atoms with Crippen molar-refractivity contribution in [3.05, 3.63) is 29.1 Å². The molecule has 0 heterocycles. The molecule has 1 atom stereocenters. The molecule has 0 fully saturated rings. The van der Waals surface area contributed by atoms with Crippen LogP contribution in [0, 0.1) is 17.5 Å². The van der Waals surface area contributed by atoms with E-state index in [4.69, 9.17) is 5.73 Å². The first kappa shape index (κ1) is 12.8. The summed E-state index contributed by atoms with van der Waals surface area (Å²) in [6, 6.07) is 0.706. The van der Waals surface area contributed by atoms with Crippen molar-refractivity contribution in [1.82, 2.24) is 0 Å². The number of hydrogen-bond donors (Lipinski definition) is 2. The second-order valence-corrected chi connectivity index (χ2v) is 3.20. The maximum Gasteiger partial charge on any atom is 0.204 e. The van der Waals surface area contributed by atoms with Gasteiger partial charge in [-0.05, 0) is 19.0 Å². The van der Waals surface area contributed by atoms with Crippen molar-refractivity contribution in [2.24, 2.45) is 5.73 Å². The normalized spacial score (nSPS) is 12.6. The number of nitrogens with two attached hydrogens (primary N) is 1. The van der Waals surface area contributed by atoms with Crippen LogP contribution in [0.1, 0.15) is 18.1 Å². The Morgan fingerprint density at radius 3 is 2.50 bits per heavy atom. The third kappa shape index (κ3) is 2.28. The Morgan fingerprint density at radius 2 is 2.00 bits per heavy atom. The number of methoxy groups -OCH3 is 1. The van der Waals surface area contributed by atoms with Crippen LogP contribution in [0.25, 0.3) is 0 Å². The summed E-state index contributed by atoms with van der Waals surface area (Å²) in [4.78, 5) is 0. The van der Waals surface area contributed by atoms with Crippen LogP contribution in [0.3, 0.4) is 0 Å². The molecule has 16 heavy (non-hydrogen) atoms. The summed E-state index contributed by atoms with van der Waals surface area (Å²) < 4.78 is 43.7. The minimum atomic E-state index is -1.62. The number of benzene rings is 1. The van der Waals surface area contributed by atoms with E-state index >= 15 is 0 Å². The molecule has 0 aromatic heterocycles. The highest BCUT2D eigenvalue weighted by Crippen LogP contribution is 2.32. The van der Waals surface area contributed by atoms with Crippen molar-refractivity contribution >= 4 is 0 Å². The van der Waals surface area contributed by atoms with Gasteiger partial charge in [0.05, 0.1) is 13.2 Å². The minimum absolute atomic E-state index is 0.0981. The zero-order valence-corrected chi connectivity index (χ0v) is 8.64. The minimum Gasteiger partial charge on any atom is -0.493 e. The molecule has 0 aliphatic heterocycles. The van der Waals surface area contributed by atoms with Crippen molar-refractivity contribution < 1.29 is 23.0 Å². The molecule has 1 aromatic carbocycles. The number of ether oxygens (including phenoxy) is 1. The van der Waals surface area contributed by atoms with Gasteiger partial charge < -0.3 is 15.6 Å². The molecule has 0 bridgehead atoms. The molecule has 6 heteroatoms. The Bertz CT molecular complexity index is 385. The highest BCUT2D eigenvalue weighted by molar-refractivity contribution is 5.38. The van der Waals surface area contributed by atoms with Crippen LogP contribution >= 0.6 is 0 Å². The molecule has 0 saturated carbocycles. The summed E-state index contributed by atoms with van der Waals surface area (Å²) in [6.45, 7) is 0.130. The largest absolute Gasteiger partial charge is 0.493 e. The monoisotopic (exact) mass is 235 g/mol. The van der Waals surface area contributed by atoms with Gasteiger partial charge in [-0.3, -0.25) is 0 Å². The first-order chi connectivity index (χ1) is 7.52. The second kappa shape index (κ2) is 5.18. The van der Waals surface area contributed by atoms with E-state index in [1.165, 1.54) is 0 Å². The lowest BCUT2D eigenvalue weighted by Crippen LogP contribution is -2.10. The van der Waals surface area contributed by atoms with Gasteiger partial charge in [-0.1, -0.05) is 0 Å². The quantitative estimate of drug-likeness (QED) is 0.777. The maximum absolute atomic E-state index is 13.2. The van der Waals surface area contributed by atoms with Crippen LogP contribution in [0.5, 0.6) is 5.75 Å². The van der Waals surface area contributed by atoms with Crippen molar-refractivity contribution in [2.75, 3.05) is 13.7 Å². The molecule has 3 N–H and O–H groups in total. The van der Waals surface area contributed by atoms with Crippen LogP contribution in [0.15, 0.2) is 6.07 Å². The van der Waals surface area contributed by atoms with E-state index < -0.39 is 29.3 Å². The number of rotatable bonds is 4. The van der Waals surface area contributed by atoms with Gasteiger partial charge in [-0.25, -0.2) is 8.78 Å². The van der Waals surface area contributed by atoms with Crippen molar-refractivity contribution in [3.8, 4) is 5.75 Å². The van der Waals surface area contributed by atoms with E-state index in [1.807, 2.05) is 0 Å². The Morgan fingerprint density at radius 1 is 1.38 bits per heavy atom. The number of aliphatic hydroxyl groups excluding tert-OH is 1. The third-order valence-electron chi connectivity index (χ3n) is 2.15. The van der Waals surface area contributed by atoms with Crippen LogP contribution in [-0.4, -0.2) is 18.8 Å². The van der Waals surface area contributed by atoms with Crippen molar-refractivity contribution in [2.45, 2.75) is 12.5 Å². The number of aliphatic hydroxyl groups is 1. The molecule has 1 unspecified atom stereocenters. The summed E-state index contributed by atoms with van der Waals surface area (Å²) in [5, 5.41) is 9.56. The second-order valence-electron chi connectivity index (χ2n) is 3.20. The molecule has 0 spiro atoms. The maximum atomic E-state index is 13.2. The Kier molecular flexibility index (Phi) is 4.14. The Hall–Kier alpha value is -1.27. The zero-order valence-electron chi connectivity index (χ0n) is 8.64. The molecule has 3 nitrogen and oxygen atoms in total. The van der Waals surface area contributed by atoms with Crippen LogP contribution in [-0.2, 0) is 0 Å². The summed E-state index contributed by atoms with van der Waals surface area (Å²) in [5.41, 5.74) is 5.05. The molecular weight excluding hydrogens is 223 g/mol. The smallest absolute Gasteiger partial charge is 0.204 e. The Labute approximate surface area is 90.6 Å². The van der Waals surface area contributed by atoms with Gasteiger partial charge in [0.25, 0.3) is 0 Å². The standard InChI is InChI=1S/C10H12F3NO2/c1-16-10-5(7(15)2-3-14)4-6(11)8(12)9(10)13/h4,7,15H,2-3,14H2,1H3. The van der Waals surface area contributed by atoms with E-state index in [0.29, 0.717) is 6.07 Å². The summed E-state index contributed by atoms with van der Waals surface area (Å²) >= 11 is 0. The number of hydrogen-bond acceptors (Lipinski definition) is 3. The van der Waals surface area contributed by atoms with Gasteiger partial charge in [0, 0.05) is 5.56 Å². The molecule has 1 rings (SSSR count). The molecule has 90 valence electrons. The van der Waals surface area contributed by atoms with Gasteiger partial charge in [0.15, 0.2) is 17.4 Å². The molecule has 0 radical (unpaired) electrons. The number of halogens is 3. The average Bonchev–Trinajstić information content (AvgIpc) is 2.26. The first-order valence-electron chi connectivity index (χ1n) is 4.62. The fourth-order valence-corrected chi connectivity index (χ4v) is 1.37. The molecule has 0 aliphatic rings. The fraction of sp³-hybridized carbons (Fsp3) is 0.400. The van der Waals surface area contributed by atoms with Crippen molar-refractivity contribution in [1.29, 1.82) is 0 Å². The molecular formula is C10H12F3NO2. The summed E-state index contributed by atoms with van der Waals surface area (Å²) in [5.74, 6) is -4.95. The molecule has 0 amide bonds. The van der Waals surface area contributed by atoms with Gasteiger partial charge in [0.1, 0.15) is 0 Å². The lowest BCUT2D eigenvalue weighted by Gasteiger charge is -2.15. The van der Waals surface area contributed by atoms with E-state index in [2.05, 4.69) is 4.74 Å². The molecule has 0 saturated heterocycles. The fourth-order valence-electron chi connectivity index (χ4n) is 1.37. The van der Waals surface area contributed by atoms with Crippen molar-refractivity contribution in [3.63, 3.8) is 0 Å². The topological polar surface area (TPSA) is 55.5 Å². The van der Waals surface area contributed by atoms with E-state index in [-0.39, 0.29) is 18.5 Å². The Balaban J connectivity index is 3.27. The predicted octanol–water partition coefficient (Wildman–Crippen LogP) is 1.49. The van der Waals surface area contributed by atoms with E-state index in [0.717, 1.165) is 7.11 Å².